The average Bonchev–Trinajstić information content (AvgIpc) is 2.89. The van der Waals surface area contributed by atoms with Crippen molar-refractivity contribution in [2.24, 2.45) is 58.2 Å². The molecule has 0 amide bonds. The van der Waals surface area contributed by atoms with Crippen LogP contribution in [0.25, 0.3) is 0 Å². The summed E-state index contributed by atoms with van der Waals surface area (Å²) in [7, 11) is -2.31. The smallest absolute Gasteiger partial charge is 0.544 e. The van der Waals surface area contributed by atoms with Crippen molar-refractivity contribution < 1.29 is 50.6 Å². The molecule has 0 aromatic rings. The normalized spacial score (nSPS) is 29.3. The lowest BCUT2D eigenvalue weighted by atomic mass is 9.48. The van der Waals surface area contributed by atoms with Gasteiger partial charge in [-0.1, -0.05) is 138 Å². The highest BCUT2D eigenvalue weighted by molar-refractivity contribution is 6.92. The molecule has 0 aliphatic carbocycles. The van der Waals surface area contributed by atoms with Crippen molar-refractivity contribution in [2.75, 3.05) is 0 Å². The van der Waals surface area contributed by atoms with Gasteiger partial charge in [0.15, 0.2) is 0 Å². The second kappa shape index (κ2) is 12.5. The first kappa shape index (κ1) is 41.1. The minimum Gasteiger partial charge on any atom is -0.682 e. The van der Waals surface area contributed by atoms with Crippen LogP contribution in [0.2, 0.25) is 0 Å². The van der Waals surface area contributed by atoms with E-state index in [-0.39, 0.29) is 47.3 Å². The minimum atomic E-state index is -2.66. The van der Waals surface area contributed by atoms with Crippen LogP contribution in [0.5, 0.6) is 0 Å². The minimum absolute atomic E-state index is 0.125. The summed E-state index contributed by atoms with van der Waals surface area (Å²) in [6.45, 7) is 36.2. The Morgan fingerprint density at radius 2 is 0.580 bits per heavy atom. The van der Waals surface area contributed by atoms with Gasteiger partial charge in [0, 0.05) is 33.2 Å². The predicted molar refractivity (Wildman–Crippen MR) is 198 cm³/mol. The van der Waals surface area contributed by atoms with Crippen LogP contribution >= 0.6 is 0 Å². The molecule has 5 rings (SSSR count). The zero-order valence-electron chi connectivity index (χ0n) is 35.0. The summed E-state index contributed by atoms with van der Waals surface area (Å²) in [5, 5.41) is 0. The lowest BCUT2D eigenvalue weighted by Gasteiger charge is -2.83. The third-order valence-electron chi connectivity index (χ3n) is 14.1. The van der Waals surface area contributed by atoms with Crippen molar-refractivity contribution in [3.05, 3.63) is 0 Å². The van der Waals surface area contributed by atoms with Gasteiger partial charge in [-0.15, -0.1) is 0 Å². The Bertz CT molecular complexity index is 1150. The van der Waals surface area contributed by atoms with E-state index in [0.717, 1.165) is 0 Å². The largest absolute Gasteiger partial charge is 0.682 e. The van der Waals surface area contributed by atoms with Gasteiger partial charge < -0.3 is 50.6 Å². The van der Waals surface area contributed by atoms with E-state index in [1.165, 1.54) is 0 Å². The summed E-state index contributed by atoms with van der Waals surface area (Å²) in [4.78, 5) is 0. The average molecular weight is 707 g/mol. The lowest BCUT2D eigenvalue weighted by molar-refractivity contribution is -0.325. The molecule has 0 aromatic heterocycles. The standard InChI is InChI=1S/C34H68B5O11/c1-21(2)31(22(3)4)29(17,18)32(23(5)6,24(7)8)41-37(40-31)45-35(46-37)44-36-47-39(48-36)49-38(50-39)42-33(25(9)10,26(11)12)30(19,20)34(43-38,27(13)14)28(15)16/h21-28H,1-20H3/q-3. The molecule has 5 aliphatic rings. The molecular formula is C34H68B5O11-3. The van der Waals surface area contributed by atoms with Crippen LogP contribution in [0.15, 0.2) is 0 Å². The summed E-state index contributed by atoms with van der Waals surface area (Å²) in [6.07, 6.45) is 0. The van der Waals surface area contributed by atoms with Crippen LogP contribution in [0.1, 0.15) is 138 Å². The van der Waals surface area contributed by atoms with E-state index in [2.05, 4.69) is 138 Å². The van der Waals surface area contributed by atoms with Gasteiger partial charge in [0.25, 0.3) is 0 Å². The summed E-state index contributed by atoms with van der Waals surface area (Å²) in [5.41, 5.74) is -3.33. The maximum absolute atomic E-state index is 6.91. The van der Waals surface area contributed by atoms with Gasteiger partial charge in [-0.3, -0.25) is 0 Å². The van der Waals surface area contributed by atoms with E-state index in [4.69, 9.17) is 50.6 Å². The molecule has 16 heteroatoms. The summed E-state index contributed by atoms with van der Waals surface area (Å²) < 4.78 is 70.7. The Hall–Kier alpha value is -0.115. The van der Waals surface area contributed by atoms with Gasteiger partial charge in [-0.25, -0.2) is 0 Å². The summed E-state index contributed by atoms with van der Waals surface area (Å²) in [5.74, 6) is 1.04. The van der Waals surface area contributed by atoms with Crippen LogP contribution in [0.3, 0.4) is 0 Å². The quantitative estimate of drug-likeness (QED) is 0.208. The molecule has 0 atom stereocenters. The molecular weight excluding hydrogens is 638 g/mol. The molecule has 288 valence electrons. The fourth-order valence-corrected chi connectivity index (χ4v) is 13.3. The highest BCUT2D eigenvalue weighted by Gasteiger charge is 2.75. The molecule has 0 radical (unpaired) electrons. The van der Waals surface area contributed by atoms with E-state index < -0.39 is 68.7 Å². The third-order valence-corrected chi connectivity index (χ3v) is 14.1. The van der Waals surface area contributed by atoms with Gasteiger partial charge in [-0.2, -0.15) is 0 Å². The van der Waals surface area contributed by atoms with Crippen molar-refractivity contribution in [1.82, 2.24) is 0 Å². The van der Waals surface area contributed by atoms with Gasteiger partial charge in [0.1, 0.15) is 0 Å². The van der Waals surface area contributed by atoms with Crippen LogP contribution in [-0.4, -0.2) is 57.9 Å². The van der Waals surface area contributed by atoms with Crippen molar-refractivity contribution in [1.29, 1.82) is 0 Å². The number of rotatable bonds is 10. The summed E-state index contributed by atoms with van der Waals surface area (Å²) >= 11 is 0. The molecule has 50 heavy (non-hydrogen) atoms. The molecule has 0 saturated carbocycles. The Morgan fingerprint density at radius 3 is 0.820 bits per heavy atom. The van der Waals surface area contributed by atoms with Crippen LogP contribution < -0.4 is 0 Å². The Labute approximate surface area is 304 Å². The van der Waals surface area contributed by atoms with Crippen molar-refractivity contribution in [3.8, 4) is 0 Å². The number of hydrogen-bond acceptors (Lipinski definition) is 11. The first-order valence-electron chi connectivity index (χ1n) is 19.6. The zero-order chi connectivity index (χ0) is 38.1. The molecule has 11 nitrogen and oxygen atoms in total. The summed E-state index contributed by atoms with van der Waals surface area (Å²) in [6, 6.07) is 0. The molecule has 3 spiro atoms. The van der Waals surface area contributed by atoms with Gasteiger partial charge >= 0.3 is 35.5 Å². The highest BCUT2D eigenvalue weighted by atomic mass is 17.1. The molecule has 5 saturated heterocycles. The lowest BCUT2D eigenvalue weighted by Crippen LogP contribution is -2.90. The second-order valence-corrected chi connectivity index (χ2v) is 19.4. The predicted octanol–water partition coefficient (Wildman–Crippen LogP) is 7.77. The van der Waals surface area contributed by atoms with Crippen molar-refractivity contribution in [2.45, 2.75) is 161 Å². The van der Waals surface area contributed by atoms with Gasteiger partial charge in [-0.05, 0) is 47.3 Å². The van der Waals surface area contributed by atoms with E-state index in [1.54, 1.807) is 0 Å². The molecule has 0 bridgehead atoms. The third kappa shape index (κ3) is 5.08. The molecule has 5 heterocycles. The van der Waals surface area contributed by atoms with Gasteiger partial charge in [0.2, 0.25) is 0 Å². The van der Waals surface area contributed by atoms with Crippen LogP contribution in [-0.2, 0) is 50.6 Å². The van der Waals surface area contributed by atoms with E-state index in [1.807, 2.05) is 0 Å². The van der Waals surface area contributed by atoms with Crippen LogP contribution in [0.4, 0.5) is 0 Å². The first-order valence-corrected chi connectivity index (χ1v) is 19.6. The van der Waals surface area contributed by atoms with Gasteiger partial charge in [0.05, 0.1) is 0 Å². The molecule has 0 aromatic carbocycles. The monoisotopic (exact) mass is 708 g/mol. The molecule has 0 N–H and O–H groups in total. The zero-order valence-corrected chi connectivity index (χ0v) is 35.0. The molecule has 0 unspecified atom stereocenters. The fourth-order valence-electron chi connectivity index (χ4n) is 13.3. The maximum atomic E-state index is 6.91. The van der Waals surface area contributed by atoms with Crippen molar-refractivity contribution in [3.63, 3.8) is 0 Å². The van der Waals surface area contributed by atoms with Crippen molar-refractivity contribution >= 4 is 35.5 Å². The SMILES string of the molecule is CC(C)C1(C(C)C)O[B-]2(OB(OB3O[B-]4(O3)O[B-]3(O4)OC(C(C)C)(C(C)C)C(C)(C)C(C(C)C)(C(C)C)O3)O2)OC(C(C)C)(C(C)C)C1(C)C. The van der Waals surface area contributed by atoms with E-state index >= 15 is 0 Å². The first-order chi connectivity index (χ1) is 22.7. The molecule has 5 aliphatic heterocycles. The Morgan fingerprint density at radius 1 is 0.360 bits per heavy atom. The highest BCUT2D eigenvalue weighted by Crippen LogP contribution is 2.66. The molecule has 5 fully saturated rings. The van der Waals surface area contributed by atoms with E-state index in [9.17, 15) is 0 Å². The Kier molecular flexibility index (Phi) is 10.2. The topological polar surface area (TPSA) is 102 Å². The van der Waals surface area contributed by atoms with Crippen LogP contribution in [0, 0.1) is 58.2 Å². The van der Waals surface area contributed by atoms with E-state index in [0.29, 0.717) is 0 Å². The maximum Gasteiger partial charge on any atom is 0.544 e. The second-order valence-electron chi connectivity index (χ2n) is 19.4. The number of hydrogen-bond donors (Lipinski definition) is 0. The Balaban J connectivity index is 1.31. The fraction of sp³-hybridized carbons (Fsp3) is 1.00.